The fourth-order valence-electron chi connectivity index (χ4n) is 6.20. The fraction of sp³-hybridized carbons (Fsp3) is 0.400. The molecule has 5 rings (SSSR count). The maximum absolute atomic E-state index is 13.8. The fourth-order valence-corrected chi connectivity index (χ4v) is 6.20. The molecule has 40 heavy (non-hydrogen) atoms. The van der Waals surface area contributed by atoms with E-state index in [4.69, 9.17) is 5.73 Å². The minimum atomic E-state index is -2.60. The number of nitrogens with two attached hydrogens (primary N) is 1. The first-order chi connectivity index (χ1) is 18.8. The second-order valence-corrected chi connectivity index (χ2v) is 12.1. The van der Waals surface area contributed by atoms with Crippen molar-refractivity contribution in [1.82, 2.24) is 10.3 Å². The average Bonchev–Trinajstić information content (AvgIpc) is 2.87. The number of nitrogens with one attached hydrogen (secondary N) is 1. The van der Waals surface area contributed by atoms with Crippen molar-refractivity contribution in [3.8, 4) is 17.0 Å². The van der Waals surface area contributed by atoms with Crippen molar-refractivity contribution < 1.29 is 34.8 Å². The Labute approximate surface area is 231 Å². The van der Waals surface area contributed by atoms with Gasteiger partial charge < -0.3 is 31.5 Å². The lowest BCUT2D eigenvalue weighted by Gasteiger charge is -2.46. The van der Waals surface area contributed by atoms with Gasteiger partial charge in [0.05, 0.1) is 11.3 Å². The van der Waals surface area contributed by atoms with E-state index in [1.54, 1.807) is 12.3 Å². The number of pyridine rings is 1. The number of hydrogen-bond acceptors (Lipinski definition) is 9. The number of primary amides is 1. The van der Waals surface area contributed by atoms with Crippen LogP contribution >= 0.6 is 0 Å². The number of carbonyl (C=O) groups excluding carboxylic acids is 3. The lowest BCUT2D eigenvalue weighted by Crippen LogP contribution is -2.58. The maximum atomic E-state index is 13.8. The molecule has 0 aliphatic heterocycles. The zero-order chi connectivity index (χ0) is 29.1. The molecule has 210 valence electrons. The topological polar surface area (TPSA) is 183 Å². The van der Waals surface area contributed by atoms with Crippen molar-refractivity contribution in [2.45, 2.75) is 52.2 Å². The van der Waals surface area contributed by atoms with Gasteiger partial charge >= 0.3 is 0 Å². The van der Waals surface area contributed by atoms with Gasteiger partial charge in [0.15, 0.2) is 11.4 Å². The minimum Gasteiger partial charge on any atom is -0.508 e. The number of carbonyl (C=O) groups is 3. The first kappa shape index (κ1) is 27.5. The number of fused-ring (bicyclic) bond motifs is 3. The Balaban J connectivity index is 1.69. The smallest absolute Gasteiger partial charge is 0.255 e. The number of aliphatic hydroxyl groups excluding tert-OH is 2. The summed E-state index contributed by atoms with van der Waals surface area (Å²) >= 11 is 0. The van der Waals surface area contributed by atoms with Crippen LogP contribution in [0.1, 0.15) is 50.3 Å². The van der Waals surface area contributed by atoms with Crippen LogP contribution < -0.4 is 11.1 Å². The van der Waals surface area contributed by atoms with Gasteiger partial charge in [-0.05, 0) is 47.9 Å². The van der Waals surface area contributed by atoms with E-state index in [-0.39, 0.29) is 48.1 Å². The van der Waals surface area contributed by atoms with Crippen LogP contribution in [0.3, 0.4) is 0 Å². The van der Waals surface area contributed by atoms with E-state index in [2.05, 4.69) is 31.1 Å². The maximum Gasteiger partial charge on any atom is 0.255 e. The number of phenols is 1. The molecule has 1 aromatic carbocycles. The van der Waals surface area contributed by atoms with Crippen LogP contribution in [0.2, 0.25) is 0 Å². The van der Waals surface area contributed by atoms with Crippen LogP contribution in [0.15, 0.2) is 47.4 Å². The Hall–Kier alpha value is -4.02. The van der Waals surface area contributed by atoms with Crippen LogP contribution in [-0.4, -0.2) is 55.0 Å². The summed E-state index contributed by atoms with van der Waals surface area (Å²) < 4.78 is 0. The second kappa shape index (κ2) is 9.57. The molecule has 1 fully saturated rings. The first-order valence-corrected chi connectivity index (χ1v) is 13.2. The summed E-state index contributed by atoms with van der Waals surface area (Å²) in [5, 5.41) is 48.5. The zero-order valence-corrected chi connectivity index (χ0v) is 22.6. The van der Waals surface area contributed by atoms with Crippen LogP contribution in [-0.2, 0) is 27.3 Å². The van der Waals surface area contributed by atoms with Gasteiger partial charge in [0.1, 0.15) is 22.8 Å². The predicted molar refractivity (Wildman–Crippen MR) is 146 cm³/mol. The van der Waals surface area contributed by atoms with Crippen LogP contribution in [0.4, 0.5) is 0 Å². The lowest BCUT2D eigenvalue weighted by atomic mass is 9.59. The lowest BCUT2D eigenvalue weighted by molar-refractivity contribution is -0.147. The number of rotatable bonds is 5. The van der Waals surface area contributed by atoms with Gasteiger partial charge in [0.25, 0.3) is 5.91 Å². The largest absolute Gasteiger partial charge is 0.508 e. The standard InChI is InChI=1S/C30H33N3O7/c1-29(2,3)13-32-12-15-10-17(19-6-4-5-7-33-19)18-9-14-8-16-11-20(34)23(28(31)39)27(38)30(16,40)26(37)21(14)25(36)22(18)24(15)35/h4-7,10,14,16,32,35-36,38,40H,8-9,11-13H2,1-3H3,(H2,31,39). The summed E-state index contributed by atoms with van der Waals surface area (Å²) in [5.41, 5.74) is 4.09. The molecule has 3 atom stereocenters. The molecule has 10 heteroatoms. The third-order valence-electron chi connectivity index (χ3n) is 8.05. The first-order valence-electron chi connectivity index (χ1n) is 13.2. The Bertz CT molecular complexity index is 1500. The number of benzene rings is 1. The molecular weight excluding hydrogens is 514 g/mol. The zero-order valence-electron chi connectivity index (χ0n) is 22.6. The molecule has 7 N–H and O–H groups in total. The SMILES string of the molecule is CC(C)(C)CNCc1cc(-c2ccccn2)c2c(c1O)C(O)=C1C(=O)C3(O)C(O)=C(C(N)=O)C(=O)CC3CC1C2. The molecule has 0 saturated heterocycles. The third-order valence-corrected chi connectivity index (χ3v) is 8.05. The van der Waals surface area contributed by atoms with Crippen molar-refractivity contribution >= 4 is 23.2 Å². The molecule has 3 unspecified atom stereocenters. The normalized spacial score (nSPS) is 24.5. The number of aliphatic hydroxyl groups is 3. The third kappa shape index (κ3) is 4.28. The van der Waals surface area contributed by atoms with E-state index < -0.39 is 52.0 Å². The van der Waals surface area contributed by atoms with Gasteiger partial charge in [-0.2, -0.15) is 0 Å². The van der Waals surface area contributed by atoms with E-state index in [1.807, 2.05) is 18.2 Å². The van der Waals surface area contributed by atoms with Crippen molar-refractivity contribution in [1.29, 1.82) is 0 Å². The molecule has 1 heterocycles. The minimum absolute atomic E-state index is 0.0217. The van der Waals surface area contributed by atoms with E-state index in [1.165, 1.54) is 0 Å². The highest BCUT2D eigenvalue weighted by molar-refractivity contribution is 6.22. The summed E-state index contributed by atoms with van der Waals surface area (Å²) in [6, 6.07) is 7.24. The Morgan fingerprint density at radius 2 is 1.90 bits per heavy atom. The van der Waals surface area contributed by atoms with E-state index >= 15 is 0 Å². The van der Waals surface area contributed by atoms with Gasteiger partial charge in [-0.15, -0.1) is 0 Å². The van der Waals surface area contributed by atoms with Crippen molar-refractivity contribution in [3.05, 3.63) is 64.1 Å². The number of amides is 1. The van der Waals surface area contributed by atoms with Crippen molar-refractivity contribution in [2.24, 2.45) is 23.0 Å². The van der Waals surface area contributed by atoms with Crippen LogP contribution in [0.25, 0.3) is 17.0 Å². The molecule has 0 spiro atoms. The van der Waals surface area contributed by atoms with Crippen LogP contribution in [0.5, 0.6) is 5.75 Å². The highest BCUT2D eigenvalue weighted by atomic mass is 16.3. The summed E-state index contributed by atoms with van der Waals surface area (Å²) in [6.45, 7) is 7.14. The molecule has 1 saturated carbocycles. The predicted octanol–water partition coefficient (Wildman–Crippen LogP) is 2.62. The van der Waals surface area contributed by atoms with Gasteiger partial charge in [0.2, 0.25) is 5.78 Å². The number of nitrogens with zero attached hydrogens (tertiary/aromatic N) is 1. The molecule has 10 nitrogen and oxygen atoms in total. The molecule has 1 aromatic heterocycles. The number of ketones is 2. The molecule has 2 aromatic rings. The molecule has 3 aliphatic rings. The highest BCUT2D eigenvalue weighted by Crippen LogP contribution is 2.53. The van der Waals surface area contributed by atoms with Crippen molar-refractivity contribution in [3.63, 3.8) is 0 Å². The summed E-state index contributed by atoms with van der Waals surface area (Å²) in [5.74, 6) is -6.47. The molecule has 0 radical (unpaired) electrons. The second-order valence-electron chi connectivity index (χ2n) is 12.1. The molecule has 0 bridgehead atoms. The van der Waals surface area contributed by atoms with Crippen LogP contribution in [0, 0.1) is 17.3 Å². The Morgan fingerprint density at radius 1 is 1.18 bits per heavy atom. The average molecular weight is 548 g/mol. The van der Waals surface area contributed by atoms with Gasteiger partial charge in [-0.25, -0.2) is 0 Å². The number of hydrogen-bond donors (Lipinski definition) is 6. The van der Waals surface area contributed by atoms with Gasteiger partial charge in [-0.1, -0.05) is 26.8 Å². The summed E-state index contributed by atoms with van der Waals surface area (Å²) in [6.07, 6.45) is 1.56. The quantitative estimate of drug-likeness (QED) is 0.306. The van der Waals surface area contributed by atoms with Gasteiger partial charge in [-0.3, -0.25) is 19.4 Å². The monoisotopic (exact) mass is 547 g/mol. The summed E-state index contributed by atoms with van der Waals surface area (Å²) in [7, 11) is 0. The molecule has 3 aliphatic carbocycles. The number of aromatic hydroxyl groups is 1. The molecular formula is C30H33N3O7. The summed E-state index contributed by atoms with van der Waals surface area (Å²) in [4.78, 5) is 42.8. The number of phenolic OH excluding ortho intramolecular Hbond substituents is 1. The van der Waals surface area contributed by atoms with E-state index in [9.17, 15) is 34.8 Å². The number of aromatic nitrogens is 1. The Kier molecular flexibility index (Phi) is 6.59. The molecule has 1 amide bonds. The highest BCUT2D eigenvalue weighted by Gasteiger charge is 2.60. The van der Waals surface area contributed by atoms with Gasteiger partial charge in [0, 0.05) is 48.3 Å². The van der Waals surface area contributed by atoms with E-state index in [0.29, 0.717) is 28.9 Å². The van der Waals surface area contributed by atoms with E-state index in [0.717, 1.165) is 0 Å². The Morgan fingerprint density at radius 3 is 2.52 bits per heavy atom. The number of Topliss-reactive ketones (excluding diaryl/α,β-unsaturated/α-hetero) is 2. The van der Waals surface area contributed by atoms with Crippen molar-refractivity contribution in [2.75, 3.05) is 6.54 Å².